The molecule has 1 heterocycles. The first-order valence-corrected chi connectivity index (χ1v) is 7.09. The molecule has 0 aliphatic carbocycles. The topological polar surface area (TPSA) is 51.8 Å². The van der Waals surface area contributed by atoms with E-state index in [2.05, 4.69) is 44.8 Å². The minimum atomic E-state index is -0.248. The van der Waals surface area contributed by atoms with Crippen molar-refractivity contribution in [1.82, 2.24) is 9.97 Å². The monoisotopic (exact) mass is 269 g/mol. The number of rotatable bonds is 4. The zero-order valence-electron chi connectivity index (χ0n) is 12.7. The summed E-state index contributed by atoms with van der Waals surface area (Å²) in [5.74, 6) is 1.89. The van der Waals surface area contributed by atoms with Gasteiger partial charge >= 0.3 is 0 Å². The summed E-state index contributed by atoms with van der Waals surface area (Å²) in [5.41, 5.74) is 7.93. The molecule has 0 saturated heterocycles. The Balaban J connectivity index is 2.43. The van der Waals surface area contributed by atoms with Crippen molar-refractivity contribution < 1.29 is 0 Å². The molecule has 3 heteroatoms. The van der Waals surface area contributed by atoms with E-state index < -0.39 is 0 Å². The lowest BCUT2D eigenvalue weighted by Crippen LogP contribution is -2.23. The fraction of sp³-hybridized carbons (Fsp3) is 0.412. The van der Waals surface area contributed by atoms with Gasteiger partial charge < -0.3 is 5.73 Å². The summed E-state index contributed by atoms with van der Waals surface area (Å²) >= 11 is 0. The van der Waals surface area contributed by atoms with Crippen LogP contribution in [0.2, 0.25) is 0 Å². The highest BCUT2D eigenvalue weighted by molar-refractivity contribution is 5.36. The van der Waals surface area contributed by atoms with Crippen molar-refractivity contribution in [2.75, 3.05) is 5.73 Å². The van der Waals surface area contributed by atoms with Gasteiger partial charge in [-0.1, -0.05) is 44.2 Å². The smallest absolute Gasteiger partial charge is 0.140 e. The van der Waals surface area contributed by atoms with Gasteiger partial charge in [-0.3, -0.25) is 0 Å². The van der Waals surface area contributed by atoms with Crippen LogP contribution in [-0.4, -0.2) is 9.97 Å². The number of aromatic nitrogens is 2. The normalized spacial score (nSPS) is 11.8. The molecule has 2 aromatic rings. The van der Waals surface area contributed by atoms with E-state index in [1.54, 1.807) is 0 Å². The summed E-state index contributed by atoms with van der Waals surface area (Å²) in [4.78, 5) is 9.19. The van der Waals surface area contributed by atoms with Gasteiger partial charge in [0, 0.05) is 17.2 Å². The summed E-state index contributed by atoms with van der Waals surface area (Å²) in [6.07, 6.45) is 0.921. The van der Waals surface area contributed by atoms with Crippen molar-refractivity contribution in [2.24, 2.45) is 5.92 Å². The fourth-order valence-electron chi connectivity index (χ4n) is 2.30. The Kier molecular flexibility index (Phi) is 4.07. The molecule has 0 aliphatic heterocycles. The number of nitrogen functional groups attached to an aromatic ring is 1. The van der Waals surface area contributed by atoms with Crippen LogP contribution in [0, 0.1) is 5.92 Å². The molecule has 0 spiro atoms. The van der Waals surface area contributed by atoms with Crippen LogP contribution < -0.4 is 5.73 Å². The summed E-state index contributed by atoms with van der Waals surface area (Å²) in [6.45, 7) is 8.63. The number of benzene rings is 1. The van der Waals surface area contributed by atoms with E-state index in [1.807, 2.05) is 24.3 Å². The van der Waals surface area contributed by atoms with E-state index in [1.165, 1.54) is 5.56 Å². The molecule has 20 heavy (non-hydrogen) atoms. The Morgan fingerprint density at radius 2 is 1.75 bits per heavy atom. The molecule has 0 bridgehead atoms. The minimum absolute atomic E-state index is 0.248. The molecule has 3 nitrogen and oxygen atoms in total. The third kappa shape index (κ3) is 3.16. The third-order valence-electron chi connectivity index (χ3n) is 3.47. The van der Waals surface area contributed by atoms with E-state index in [0.29, 0.717) is 11.7 Å². The first-order valence-electron chi connectivity index (χ1n) is 7.09. The second-order valence-corrected chi connectivity index (χ2v) is 6.20. The first kappa shape index (κ1) is 14.5. The molecule has 1 aromatic carbocycles. The van der Waals surface area contributed by atoms with Crippen LogP contribution in [0.5, 0.6) is 0 Å². The van der Waals surface area contributed by atoms with Crippen LogP contribution in [-0.2, 0) is 11.8 Å². The van der Waals surface area contributed by atoms with Crippen molar-refractivity contribution in [3.8, 4) is 0 Å². The van der Waals surface area contributed by atoms with Crippen LogP contribution in [0.1, 0.15) is 44.8 Å². The van der Waals surface area contributed by atoms with Crippen LogP contribution >= 0.6 is 0 Å². The number of nitrogens with two attached hydrogens (primary N) is 1. The molecule has 0 radical (unpaired) electrons. The average Bonchev–Trinajstić information content (AvgIpc) is 2.38. The lowest BCUT2D eigenvalue weighted by atomic mass is 9.83. The minimum Gasteiger partial charge on any atom is -0.384 e. The van der Waals surface area contributed by atoms with Gasteiger partial charge in [0.2, 0.25) is 0 Å². The van der Waals surface area contributed by atoms with Crippen molar-refractivity contribution in [2.45, 2.75) is 39.5 Å². The highest BCUT2D eigenvalue weighted by Gasteiger charge is 2.27. The molecular formula is C17H23N3. The van der Waals surface area contributed by atoms with Gasteiger partial charge in [0.1, 0.15) is 11.6 Å². The van der Waals surface area contributed by atoms with Crippen LogP contribution in [0.3, 0.4) is 0 Å². The summed E-state index contributed by atoms with van der Waals surface area (Å²) in [6, 6.07) is 12.2. The zero-order valence-corrected chi connectivity index (χ0v) is 12.7. The highest BCUT2D eigenvalue weighted by Crippen LogP contribution is 2.29. The van der Waals surface area contributed by atoms with Gasteiger partial charge in [0.05, 0.1) is 0 Å². The maximum Gasteiger partial charge on any atom is 0.140 e. The van der Waals surface area contributed by atoms with Gasteiger partial charge in [0.15, 0.2) is 0 Å². The summed E-state index contributed by atoms with van der Waals surface area (Å²) < 4.78 is 0. The van der Waals surface area contributed by atoms with Crippen molar-refractivity contribution >= 4 is 5.82 Å². The predicted octanol–water partition coefficient (Wildman–Crippen LogP) is 3.58. The molecule has 2 rings (SSSR count). The van der Waals surface area contributed by atoms with Crippen molar-refractivity contribution in [3.63, 3.8) is 0 Å². The Labute approximate surface area is 121 Å². The maximum absolute atomic E-state index is 5.96. The SMILES string of the molecule is CC(C)Cc1cc(N)nc(C(C)(C)c2ccccc2)n1. The predicted molar refractivity (Wildman–Crippen MR) is 83.6 cm³/mol. The van der Waals surface area contributed by atoms with Crippen LogP contribution in [0.15, 0.2) is 36.4 Å². The molecule has 0 atom stereocenters. The van der Waals surface area contributed by atoms with Gasteiger partial charge in [-0.25, -0.2) is 9.97 Å². The molecule has 0 unspecified atom stereocenters. The first-order chi connectivity index (χ1) is 9.39. The molecule has 0 saturated carbocycles. The molecule has 2 N–H and O–H groups in total. The lowest BCUT2D eigenvalue weighted by Gasteiger charge is -2.24. The average molecular weight is 269 g/mol. The Bertz CT molecular complexity index is 574. The Hall–Kier alpha value is -1.90. The molecule has 0 amide bonds. The molecule has 0 fully saturated rings. The molecule has 106 valence electrons. The summed E-state index contributed by atoms with van der Waals surface area (Å²) in [7, 11) is 0. The number of nitrogens with zero attached hydrogens (tertiary/aromatic N) is 2. The van der Waals surface area contributed by atoms with E-state index in [4.69, 9.17) is 10.7 Å². The lowest BCUT2D eigenvalue weighted by molar-refractivity contribution is 0.573. The van der Waals surface area contributed by atoms with Gasteiger partial charge in [-0.15, -0.1) is 0 Å². The number of hydrogen-bond acceptors (Lipinski definition) is 3. The number of anilines is 1. The third-order valence-corrected chi connectivity index (χ3v) is 3.47. The Morgan fingerprint density at radius 3 is 2.35 bits per heavy atom. The van der Waals surface area contributed by atoms with Crippen LogP contribution in [0.25, 0.3) is 0 Å². The van der Waals surface area contributed by atoms with Gasteiger partial charge in [-0.2, -0.15) is 0 Å². The van der Waals surface area contributed by atoms with Crippen LogP contribution in [0.4, 0.5) is 5.82 Å². The van der Waals surface area contributed by atoms with Gasteiger partial charge in [0.25, 0.3) is 0 Å². The van der Waals surface area contributed by atoms with Crippen molar-refractivity contribution in [3.05, 3.63) is 53.5 Å². The van der Waals surface area contributed by atoms with E-state index in [0.717, 1.165) is 17.9 Å². The second kappa shape index (κ2) is 5.61. The Morgan fingerprint density at radius 1 is 1.10 bits per heavy atom. The maximum atomic E-state index is 5.96. The van der Waals surface area contributed by atoms with E-state index in [9.17, 15) is 0 Å². The molecule has 1 aromatic heterocycles. The van der Waals surface area contributed by atoms with Gasteiger partial charge in [-0.05, 0) is 31.7 Å². The molecule has 0 aliphatic rings. The second-order valence-electron chi connectivity index (χ2n) is 6.20. The van der Waals surface area contributed by atoms with E-state index in [-0.39, 0.29) is 5.41 Å². The highest BCUT2D eigenvalue weighted by atomic mass is 15.0. The number of hydrogen-bond donors (Lipinski definition) is 1. The van der Waals surface area contributed by atoms with E-state index >= 15 is 0 Å². The quantitative estimate of drug-likeness (QED) is 0.923. The fourth-order valence-corrected chi connectivity index (χ4v) is 2.30. The standard InChI is InChI=1S/C17H23N3/c1-12(2)10-14-11-15(18)20-16(19-14)17(3,4)13-8-6-5-7-9-13/h5-9,11-12H,10H2,1-4H3,(H2,18,19,20). The van der Waals surface area contributed by atoms with Crippen molar-refractivity contribution in [1.29, 1.82) is 0 Å². The zero-order chi connectivity index (χ0) is 14.8. The summed E-state index contributed by atoms with van der Waals surface area (Å²) in [5, 5.41) is 0. The molecular weight excluding hydrogens is 246 g/mol. The largest absolute Gasteiger partial charge is 0.384 e.